The first-order valence-electron chi connectivity index (χ1n) is 7.21. The van der Waals surface area contributed by atoms with Crippen molar-refractivity contribution in [2.45, 2.75) is 71.4 Å². The molecule has 1 unspecified atom stereocenters. The van der Waals surface area contributed by atoms with E-state index in [0.717, 1.165) is 5.92 Å². The summed E-state index contributed by atoms with van der Waals surface area (Å²) in [5.41, 5.74) is 0. The van der Waals surface area contributed by atoms with Crippen molar-refractivity contribution in [3.63, 3.8) is 0 Å². The van der Waals surface area contributed by atoms with Crippen molar-refractivity contribution in [3.8, 4) is 0 Å². The summed E-state index contributed by atoms with van der Waals surface area (Å²) in [6.07, 6.45) is 7.79. The molecule has 2 N–H and O–H groups in total. The fourth-order valence-electron chi connectivity index (χ4n) is 2.78. The summed E-state index contributed by atoms with van der Waals surface area (Å²) in [4.78, 5) is 11.6. The summed E-state index contributed by atoms with van der Waals surface area (Å²) in [6.45, 7) is 6.90. The Morgan fingerprint density at radius 1 is 1.24 bits per heavy atom. The number of amides is 1. The van der Waals surface area contributed by atoms with Crippen LogP contribution in [0.1, 0.15) is 59.3 Å². The molecule has 0 spiro atoms. The van der Waals surface area contributed by atoms with Gasteiger partial charge in [0.15, 0.2) is 0 Å². The second kappa shape index (κ2) is 7.70. The van der Waals surface area contributed by atoms with Crippen molar-refractivity contribution in [3.05, 3.63) is 0 Å². The van der Waals surface area contributed by atoms with Gasteiger partial charge in [0.1, 0.15) is 0 Å². The molecule has 0 aromatic rings. The molecule has 0 saturated heterocycles. The topological polar surface area (TPSA) is 41.1 Å². The van der Waals surface area contributed by atoms with Gasteiger partial charge >= 0.3 is 0 Å². The van der Waals surface area contributed by atoms with Crippen molar-refractivity contribution in [1.82, 2.24) is 10.6 Å². The predicted octanol–water partition coefficient (Wildman–Crippen LogP) is 2.46. The van der Waals surface area contributed by atoms with E-state index in [1.54, 1.807) is 0 Å². The van der Waals surface area contributed by atoms with E-state index >= 15 is 0 Å². The van der Waals surface area contributed by atoms with Crippen LogP contribution in [0.15, 0.2) is 0 Å². The zero-order valence-electron chi connectivity index (χ0n) is 11.6. The summed E-state index contributed by atoms with van der Waals surface area (Å²) in [5, 5.41) is 6.32. The van der Waals surface area contributed by atoms with Crippen LogP contribution in [0.25, 0.3) is 0 Å². The molecule has 0 heterocycles. The largest absolute Gasteiger partial charge is 0.355 e. The lowest BCUT2D eigenvalue weighted by molar-refractivity contribution is -0.122. The third-order valence-electron chi connectivity index (χ3n) is 3.77. The third-order valence-corrected chi connectivity index (χ3v) is 3.77. The fraction of sp³-hybridized carbons (Fsp3) is 0.929. The molecule has 100 valence electrons. The molecule has 3 nitrogen and oxygen atoms in total. The first-order valence-corrected chi connectivity index (χ1v) is 7.21. The third kappa shape index (κ3) is 5.07. The maximum absolute atomic E-state index is 11.6. The van der Waals surface area contributed by atoms with E-state index in [9.17, 15) is 4.79 Å². The van der Waals surface area contributed by atoms with Gasteiger partial charge in [-0.05, 0) is 45.4 Å². The summed E-state index contributed by atoms with van der Waals surface area (Å²) < 4.78 is 0. The first kappa shape index (κ1) is 14.5. The molecule has 1 atom stereocenters. The van der Waals surface area contributed by atoms with E-state index in [1.807, 2.05) is 13.8 Å². The van der Waals surface area contributed by atoms with Crippen LogP contribution in [0.3, 0.4) is 0 Å². The van der Waals surface area contributed by atoms with Crippen LogP contribution >= 0.6 is 0 Å². The van der Waals surface area contributed by atoms with Gasteiger partial charge in [0, 0.05) is 12.6 Å². The average molecular weight is 240 g/mol. The Hall–Kier alpha value is -0.570. The van der Waals surface area contributed by atoms with E-state index in [4.69, 9.17) is 0 Å². The smallest absolute Gasteiger partial charge is 0.236 e. The number of likely N-dealkylation sites (N-methyl/N-ethyl adjacent to an activating group) is 1. The normalized spacial score (nSPS) is 26.5. The van der Waals surface area contributed by atoms with Crippen LogP contribution in [-0.4, -0.2) is 24.5 Å². The molecular formula is C14H28N2O. The van der Waals surface area contributed by atoms with Gasteiger partial charge in [-0.15, -0.1) is 0 Å². The molecule has 1 aliphatic carbocycles. The van der Waals surface area contributed by atoms with E-state index in [-0.39, 0.29) is 11.9 Å². The molecule has 17 heavy (non-hydrogen) atoms. The van der Waals surface area contributed by atoms with Crippen LogP contribution < -0.4 is 10.6 Å². The van der Waals surface area contributed by atoms with Crippen molar-refractivity contribution >= 4 is 5.91 Å². The lowest BCUT2D eigenvalue weighted by Crippen LogP contribution is -2.47. The number of carbonyl (C=O) groups is 1. The molecule has 0 aliphatic heterocycles. The van der Waals surface area contributed by atoms with Crippen LogP contribution in [0.2, 0.25) is 0 Å². The number of nitrogens with one attached hydrogen (secondary N) is 2. The van der Waals surface area contributed by atoms with Gasteiger partial charge in [0.25, 0.3) is 0 Å². The Bertz CT molecular complexity index is 222. The van der Waals surface area contributed by atoms with Gasteiger partial charge in [-0.1, -0.05) is 19.8 Å². The summed E-state index contributed by atoms with van der Waals surface area (Å²) in [7, 11) is 0. The van der Waals surface area contributed by atoms with Crippen LogP contribution in [0.4, 0.5) is 0 Å². The summed E-state index contributed by atoms with van der Waals surface area (Å²) in [6, 6.07) is 0.489. The lowest BCUT2D eigenvalue weighted by atomic mass is 9.83. The van der Waals surface area contributed by atoms with Crippen molar-refractivity contribution < 1.29 is 4.79 Å². The maximum atomic E-state index is 11.6. The van der Waals surface area contributed by atoms with E-state index in [2.05, 4.69) is 17.6 Å². The monoisotopic (exact) mass is 240 g/mol. The second-order valence-electron chi connectivity index (χ2n) is 5.29. The lowest BCUT2D eigenvalue weighted by Gasteiger charge is -2.30. The SMILES string of the molecule is CCCC1CCC(NC(C)C(=O)NCC)CC1. The Balaban J connectivity index is 2.23. The Morgan fingerprint density at radius 3 is 2.41 bits per heavy atom. The molecular weight excluding hydrogens is 212 g/mol. The van der Waals surface area contributed by atoms with Crippen LogP contribution in [-0.2, 0) is 4.79 Å². The molecule has 1 fully saturated rings. The van der Waals surface area contributed by atoms with E-state index in [1.165, 1.54) is 38.5 Å². The first-order chi connectivity index (χ1) is 8.17. The summed E-state index contributed by atoms with van der Waals surface area (Å²) >= 11 is 0. The standard InChI is InChI=1S/C14H28N2O/c1-4-6-12-7-9-13(10-8-12)16-11(3)14(17)15-5-2/h11-13,16H,4-10H2,1-3H3,(H,15,17). The van der Waals surface area contributed by atoms with Crippen LogP contribution in [0, 0.1) is 5.92 Å². The number of hydrogen-bond acceptors (Lipinski definition) is 2. The van der Waals surface area contributed by atoms with Gasteiger partial charge in [-0.25, -0.2) is 0 Å². The van der Waals surface area contributed by atoms with Crippen molar-refractivity contribution in [1.29, 1.82) is 0 Å². The number of carbonyl (C=O) groups excluding carboxylic acids is 1. The van der Waals surface area contributed by atoms with Gasteiger partial charge in [-0.2, -0.15) is 0 Å². The minimum atomic E-state index is -0.0531. The Labute approximate surface area is 106 Å². The molecule has 1 rings (SSSR count). The van der Waals surface area contributed by atoms with E-state index in [0.29, 0.717) is 12.6 Å². The minimum Gasteiger partial charge on any atom is -0.355 e. The molecule has 1 saturated carbocycles. The predicted molar refractivity (Wildman–Crippen MR) is 71.9 cm³/mol. The highest BCUT2D eigenvalue weighted by Gasteiger charge is 2.23. The fourth-order valence-corrected chi connectivity index (χ4v) is 2.78. The summed E-state index contributed by atoms with van der Waals surface area (Å²) in [5.74, 6) is 1.06. The zero-order valence-corrected chi connectivity index (χ0v) is 11.6. The van der Waals surface area contributed by atoms with E-state index < -0.39 is 0 Å². The number of hydrogen-bond donors (Lipinski definition) is 2. The molecule has 1 amide bonds. The van der Waals surface area contributed by atoms with Gasteiger partial charge < -0.3 is 10.6 Å². The molecule has 0 bridgehead atoms. The van der Waals surface area contributed by atoms with Crippen LogP contribution in [0.5, 0.6) is 0 Å². The van der Waals surface area contributed by atoms with Gasteiger partial charge in [-0.3, -0.25) is 4.79 Å². The second-order valence-corrected chi connectivity index (χ2v) is 5.29. The molecule has 1 aliphatic rings. The minimum absolute atomic E-state index is 0.0531. The highest BCUT2D eigenvalue weighted by atomic mass is 16.2. The zero-order chi connectivity index (χ0) is 12.7. The molecule has 3 heteroatoms. The van der Waals surface area contributed by atoms with Crippen molar-refractivity contribution in [2.24, 2.45) is 5.92 Å². The maximum Gasteiger partial charge on any atom is 0.236 e. The van der Waals surface area contributed by atoms with Crippen molar-refractivity contribution in [2.75, 3.05) is 6.54 Å². The average Bonchev–Trinajstić information content (AvgIpc) is 2.32. The van der Waals surface area contributed by atoms with Gasteiger partial charge in [0.2, 0.25) is 5.91 Å². The number of rotatable bonds is 6. The molecule has 0 aromatic heterocycles. The quantitative estimate of drug-likeness (QED) is 0.749. The highest BCUT2D eigenvalue weighted by Crippen LogP contribution is 2.27. The highest BCUT2D eigenvalue weighted by molar-refractivity contribution is 5.81. The Morgan fingerprint density at radius 2 is 1.88 bits per heavy atom. The van der Waals surface area contributed by atoms with Gasteiger partial charge in [0.05, 0.1) is 6.04 Å². The molecule has 0 aromatic carbocycles. The molecule has 0 radical (unpaired) electrons. The Kier molecular flexibility index (Phi) is 6.56.